The molecule has 0 unspecified atom stereocenters. The van der Waals surface area contributed by atoms with Crippen molar-refractivity contribution in [3.05, 3.63) is 47.5 Å². The van der Waals surface area contributed by atoms with Crippen LogP contribution < -0.4 is 5.32 Å². The van der Waals surface area contributed by atoms with Crippen LogP contribution in [0.15, 0.2) is 36.1 Å². The molecule has 2 aliphatic rings. The normalized spacial score (nSPS) is 20.9. The molecule has 2 amide bonds. The molecule has 0 aliphatic carbocycles. The number of hydrogen-bond donors (Lipinski definition) is 1. The van der Waals surface area contributed by atoms with Crippen LogP contribution in [0.5, 0.6) is 0 Å². The summed E-state index contributed by atoms with van der Waals surface area (Å²) in [5, 5.41) is 2.75. The number of nitrogens with one attached hydrogen (secondary N) is 1. The molecule has 2 heterocycles. The van der Waals surface area contributed by atoms with Crippen LogP contribution in [-0.2, 0) is 25.7 Å². The minimum Gasteiger partial charge on any atom is -0.481 e. The Balaban J connectivity index is 1.48. The van der Waals surface area contributed by atoms with E-state index >= 15 is 0 Å². The molecule has 0 spiro atoms. The quantitative estimate of drug-likeness (QED) is 0.773. The van der Waals surface area contributed by atoms with Gasteiger partial charge in [-0.05, 0) is 45.1 Å². The largest absolute Gasteiger partial charge is 0.481 e. The van der Waals surface area contributed by atoms with Crippen molar-refractivity contribution in [2.24, 2.45) is 5.92 Å². The van der Waals surface area contributed by atoms with Gasteiger partial charge < -0.3 is 15.0 Å². The Labute approximate surface area is 176 Å². The maximum absolute atomic E-state index is 13.6. The van der Waals surface area contributed by atoms with E-state index in [2.05, 4.69) is 5.32 Å². The second-order valence-electron chi connectivity index (χ2n) is 8.68. The van der Waals surface area contributed by atoms with Crippen molar-refractivity contribution in [2.45, 2.75) is 58.1 Å². The minimum absolute atomic E-state index is 0.102. The van der Waals surface area contributed by atoms with E-state index in [9.17, 15) is 18.8 Å². The summed E-state index contributed by atoms with van der Waals surface area (Å²) in [6, 6.07) is 6.37. The number of rotatable bonds is 6. The second kappa shape index (κ2) is 9.41. The predicted molar refractivity (Wildman–Crippen MR) is 110 cm³/mol. The SMILES string of the molecule is CC1(C)CC(=O)C=C(C(=O)N2CCC[C@H](CCC(=O)NCc3ccccc3F)C2)O1. The molecule has 3 rings (SSSR count). The zero-order chi connectivity index (χ0) is 21.7. The highest BCUT2D eigenvalue weighted by atomic mass is 19.1. The third-order valence-corrected chi connectivity index (χ3v) is 5.51. The highest BCUT2D eigenvalue weighted by Gasteiger charge is 2.35. The van der Waals surface area contributed by atoms with E-state index in [1.807, 2.05) is 0 Å². The Kier molecular flexibility index (Phi) is 6.90. The van der Waals surface area contributed by atoms with E-state index in [1.165, 1.54) is 12.1 Å². The Morgan fingerprint density at radius 1 is 1.30 bits per heavy atom. The van der Waals surface area contributed by atoms with Gasteiger partial charge in [-0.25, -0.2) is 4.39 Å². The van der Waals surface area contributed by atoms with Crippen LogP contribution >= 0.6 is 0 Å². The molecule has 162 valence electrons. The zero-order valence-electron chi connectivity index (χ0n) is 17.6. The molecule has 7 heteroatoms. The van der Waals surface area contributed by atoms with Crippen molar-refractivity contribution in [2.75, 3.05) is 13.1 Å². The Morgan fingerprint density at radius 3 is 2.80 bits per heavy atom. The number of benzene rings is 1. The number of likely N-dealkylation sites (tertiary alicyclic amines) is 1. The molecular weight excluding hydrogens is 387 g/mol. The van der Waals surface area contributed by atoms with Crippen molar-refractivity contribution in [3.8, 4) is 0 Å². The first-order valence-corrected chi connectivity index (χ1v) is 10.5. The van der Waals surface area contributed by atoms with Crippen molar-refractivity contribution < 1.29 is 23.5 Å². The molecule has 1 aromatic rings. The van der Waals surface area contributed by atoms with Gasteiger partial charge in [0.1, 0.15) is 11.4 Å². The average Bonchev–Trinajstić information content (AvgIpc) is 2.70. The van der Waals surface area contributed by atoms with Crippen LogP contribution in [0.25, 0.3) is 0 Å². The zero-order valence-corrected chi connectivity index (χ0v) is 17.6. The average molecular weight is 416 g/mol. The first-order valence-electron chi connectivity index (χ1n) is 10.5. The molecule has 1 saturated heterocycles. The summed E-state index contributed by atoms with van der Waals surface area (Å²) >= 11 is 0. The van der Waals surface area contributed by atoms with Gasteiger partial charge in [0.15, 0.2) is 11.5 Å². The smallest absolute Gasteiger partial charge is 0.289 e. The fourth-order valence-corrected chi connectivity index (χ4v) is 3.99. The summed E-state index contributed by atoms with van der Waals surface area (Å²) in [7, 11) is 0. The first-order chi connectivity index (χ1) is 14.2. The van der Waals surface area contributed by atoms with Crippen LogP contribution in [0.3, 0.4) is 0 Å². The third kappa shape index (κ3) is 5.90. The second-order valence-corrected chi connectivity index (χ2v) is 8.68. The van der Waals surface area contributed by atoms with E-state index in [-0.39, 0.29) is 48.1 Å². The Bertz CT molecular complexity index is 849. The van der Waals surface area contributed by atoms with Gasteiger partial charge in [0.2, 0.25) is 5.91 Å². The van der Waals surface area contributed by atoms with Gasteiger partial charge in [-0.2, -0.15) is 0 Å². The molecule has 1 fully saturated rings. The molecule has 0 saturated carbocycles. The number of piperidine rings is 1. The highest BCUT2D eigenvalue weighted by molar-refractivity contribution is 6.01. The van der Waals surface area contributed by atoms with E-state index < -0.39 is 5.60 Å². The fourth-order valence-electron chi connectivity index (χ4n) is 3.99. The monoisotopic (exact) mass is 416 g/mol. The topological polar surface area (TPSA) is 75.7 Å². The molecule has 0 aromatic heterocycles. The third-order valence-electron chi connectivity index (χ3n) is 5.51. The van der Waals surface area contributed by atoms with Crippen molar-refractivity contribution in [1.82, 2.24) is 10.2 Å². The maximum atomic E-state index is 13.6. The Morgan fingerprint density at radius 2 is 2.07 bits per heavy atom. The molecule has 1 aromatic carbocycles. The summed E-state index contributed by atoms with van der Waals surface area (Å²) in [5.74, 6) is -0.513. The van der Waals surface area contributed by atoms with Gasteiger partial charge in [-0.15, -0.1) is 0 Å². The first kappa shape index (κ1) is 22.0. The number of amides is 2. The lowest BCUT2D eigenvalue weighted by Crippen LogP contribution is -2.44. The van der Waals surface area contributed by atoms with Crippen LogP contribution in [0, 0.1) is 11.7 Å². The van der Waals surface area contributed by atoms with Crippen LogP contribution in [0.1, 0.15) is 51.5 Å². The number of carbonyl (C=O) groups is 3. The molecule has 2 aliphatic heterocycles. The summed E-state index contributed by atoms with van der Waals surface area (Å²) in [6.07, 6.45) is 4.32. The van der Waals surface area contributed by atoms with Crippen LogP contribution in [0.4, 0.5) is 4.39 Å². The lowest BCUT2D eigenvalue weighted by atomic mass is 9.92. The predicted octanol–water partition coefficient (Wildman–Crippen LogP) is 3.11. The van der Waals surface area contributed by atoms with Crippen molar-refractivity contribution in [3.63, 3.8) is 0 Å². The molecule has 0 bridgehead atoms. The maximum Gasteiger partial charge on any atom is 0.289 e. The standard InChI is InChI=1S/C23H29FN2O4/c1-23(2)13-18(27)12-20(30-23)22(29)26-11-5-6-16(15-26)9-10-21(28)25-14-17-7-3-4-8-19(17)24/h3-4,7-8,12,16H,5-6,9-11,13-15H2,1-2H3,(H,25,28)/t16-/m1/s1. The highest BCUT2D eigenvalue weighted by Crippen LogP contribution is 2.28. The summed E-state index contributed by atoms with van der Waals surface area (Å²) in [6.45, 7) is 4.91. The summed E-state index contributed by atoms with van der Waals surface area (Å²) < 4.78 is 19.4. The Hall–Kier alpha value is -2.70. The number of allylic oxidation sites excluding steroid dienone is 1. The number of nitrogens with zero attached hydrogens (tertiary/aromatic N) is 1. The van der Waals surface area contributed by atoms with E-state index in [0.717, 1.165) is 12.8 Å². The van der Waals surface area contributed by atoms with Gasteiger partial charge in [0, 0.05) is 44.1 Å². The van der Waals surface area contributed by atoms with Gasteiger partial charge in [-0.1, -0.05) is 18.2 Å². The van der Waals surface area contributed by atoms with Crippen LogP contribution in [0.2, 0.25) is 0 Å². The number of halogens is 1. The fraction of sp³-hybridized carbons (Fsp3) is 0.522. The van der Waals surface area contributed by atoms with Crippen molar-refractivity contribution in [1.29, 1.82) is 0 Å². The van der Waals surface area contributed by atoms with Gasteiger partial charge in [0.25, 0.3) is 5.91 Å². The minimum atomic E-state index is -0.678. The molecule has 1 N–H and O–H groups in total. The van der Waals surface area contributed by atoms with Gasteiger partial charge in [-0.3, -0.25) is 14.4 Å². The van der Waals surface area contributed by atoms with E-state index in [1.54, 1.807) is 36.9 Å². The molecule has 0 radical (unpaired) electrons. The number of hydrogen-bond acceptors (Lipinski definition) is 4. The van der Waals surface area contributed by atoms with Gasteiger partial charge in [0.05, 0.1) is 0 Å². The summed E-state index contributed by atoms with van der Waals surface area (Å²) in [5.41, 5.74) is -0.221. The number of ketones is 1. The molecule has 1 atom stereocenters. The van der Waals surface area contributed by atoms with E-state index in [0.29, 0.717) is 31.5 Å². The lowest BCUT2D eigenvalue weighted by Gasteiger charge is -2.36. The summed E-state index contributed by atoms with van der Waals surface area (Å²) in [4.78, 5) is 38.6. The van der Waals surface area contributed by atoms with Gasteiger partial charge >= 0.3 is 0 Å². The lowest BCUT2D eigenvalue weighted by molar-refractivity contribution is -0.139. The number of ether oxygens (including phenoxy) is 1. The molecular formula is C23H29FN2O4. The molecule has 6 nitrogen and oxygen atoms in total. The van der Waals surface area contributed by atoms with Crippen LogP contribution in [-0.4, -0.2) is 41.2 Å². The van der Waals surface area contributed by atoms with E-state index in [4.69, 9.17) is 4.74 Å². The van der Waals surface area contributed by atoms with Crippen molar-refractivity contribution >= 4 is 17.6 Å². The molecule has 30 heavy (non-hydrogen) atoms. The number of carbonyl (C=O) groups excluding carboxylic acids is 3.